The first kappa shape index (κ1) is 17.0. The first-order chi connectivity index (χ1) is 9.30. The molecule has 0 spiro atoms. The SMILES string of the molecule is C=C[C@H]1[C@H](C)[C@H](OCOC)CCN1C(=O)OC(C)(C)C. The third-order valence-corrected chi connectivity index (χ3v) is 3.41. The Bertz CT molecular complexity index is 337. The number of likely N-dealkylation sites (tertiary alicyclic amines) is 1. The van der Waals surface area contributed by atoms with Gasteiger partial charge in [-0.2, -0.15) is 0 Å². The van der Waals surface area contributed by atoms with E-state index in [0.717, 1.165) is 6.42 Å². The van der Waals surface area contributed by atoms with Gasteiger partial charge in [-0.15, -0.1) is 6.58 Å². The van der Waals surface area contributed by atoms with Crippen LogP contribution in [0, 0.1) is 5.92 Å². The third kappa shape index (κ3) is 4.49. The first-order valence-corrected chi connectivity index (χ1v) is 7.03. The Hall–Kier alpha value is -1.07. The minimum absolute atomic E-state index is 0.0663. The zero-order valence-electron chi connectivity index (χ0n) is 13.2. The molecule has 0 aromatic rings. The molecule has 0 N–H and O–H groups in total. The fraction of sp³-hybridized carbons (Fsp3) is 0.800. The van der Waals surface area contributed by atoms with Gasteiger partial charge in [-0.25, -0.2) is 4.79 Å². The fourth-order valence-corrected chi connectivity index (χ4v) is 2.45. The highest BCUT2D eigenvalue weighted by Crippen LogP contribution is 2.28. The Morgan fingerprint density at radius 3 is 2.60 bits per heavy atom. The molecule has 1 aliphatic heterocycles. The Morgan fingerprint density at radius 2 is 2.10 bits per heavy atom. The zero-order chi connectivity index (χ0) is 15.3. The highest BCUT2D eigenvalue weighted by molar-refractivity contribution is 5.69. The minimum Gasteiger partial charge on any atom is -0.444 e. The molecule has 1 fully saturated rings. The summed E-state index contributed by atoms with van der Waals surface area (Å²) in [5.74, 6) is 0.156. The van der Waals surface area contributed by atoms with Crippen molar-refractivity contribution < 1.29 is 19.0 Å². The standard InChI is InChI=1S/C15H27NO4/c1-7-12-11(2)13(19-10-18-6)8-9-16(12)14(17)20-15(3,4)5/h7,11-13H,1,8-10H2,2-6H3/t11-,12-,13+/m0/s1. The average molecular weight is 285 g/mol. The van der Waals surface area contributed by atoms with Crippen LogP contribution >= 0.6 is 0 Å². The molecular formula is C15H27NO4. The molecule has 1 rings (SSSR count). The minimum atomic E-state index is -0.491. The van der Waals surface area contributed by atoms with Crippen molar-refractivity contribution in [2.75, 3.05) is 20.4 Å². The molecule has 20 heavy (non-hydrogen) atoms. The Balaban J connectivity index is 2.71. The lowest BCUT2D eigenvalue weighted by Gasteiger charge is -2.42. The molecule has 0 unspecified atom stereocenters. The second-order valence-electron chi connectivity index (χ2n) is 6.16. The molecule has 0 saturated carbocycles. The molecule has 0 radical (unpaired) electrons. The number of hydrogen-bond donors (Lipinski definition) is 0. The summed E-state index contributed by atoms with van der Waals surface area (Å²) in [6, 6.07) is -0.0829. The van der Waals surface area contributed by atoms with Gasteiger partial charge in [0.15, 0.2) is 0 Å². The predicted molar refractivity (Wildman–Crippen MR) is 77.5 cm³/mol. The maximum atomic E-state index is 12.2. The van der Waals surface area contributed by atoms with Crippen LogP contribution in [0.2, 0.25) is 0 Å². The second-order valence-corrected chi connectivity index (χ2v) is 6.16. The van der Waals surface area contributed by atoms with Crippen LogP contribution in [0.4, 0.5) is 4.79 Å². The van der Waals surface area contributed by atoms with Crippen LogP contribution in [0.3, 0.4) is 0 Å². The van der Waals surface area contributed by atoms with Crippen molar-refractivity contribution in [3.63, 3.8) is 0 Å². The molecule has 5 nitrogen and oxygen atoms in total. The highest BCUT2D eigenvalue weighted by atomic mass is 16.7. The van der Waals surface area contributed by atoms with Crippen molar-refractivity contribution in [3.8, 4) is 0 Å². The van der Waals surface area contributed by atoms with Gasteiger partial charge in [0.25, 0.3) is 0 Å². The van der Waals surface area contributed by atoms with Crippen LogP contribution < -0.4 is 0 Å². The number of ether oxygens (including phenoxy) is 3. The molecule has 1 heterocycles. The summed E-state index contributed by atoms with van der Waals surface area (Å²) in [4.78, 5) is 14.0. The van der Waals surface area contributed by atoms with Crippen molar-refractivity contribution in [2.24, 2.45) is 5.92 Å². The molecule has 1 aliphatic rings. The van der Waals surface area contributed by atoms with E-state index in [-0.39, 0.29) is 30.9 Å². The van der Waals surface area contributed by atoms with Crippen molar-refractivity contribution in [1.29, 1.82) is 0 Å². The van der Waals surface area contributed by atoms with Crippen LogP contribution in [-0.4, -0.2) is 49.2 Å². The first-order valence-electron chi connectivity index (χ1n) is 7.03. The number of amides is 1. The summed E-state index contributed by atoms with van der Waals surface area (Å²) >= 11 is 0. The van der Waals surface area contributed by atoms with Crippen molar-refractivity contribution in [1.82, 2.24) is 4.90 Å². The van der Waals surface area contributed by atoms with E-state index in [0.29, 0.717) is 6.54 Å². The van der Waals surface area contributed by atoms with Gasteiger partial charge in [0.05, 0.1) is 12.1 Å². The molecule has 1 amide bonds. The molecule has 3 atom stereocenters. The van der Waals surface area contributed by atoms with E-state index in [1.807, 2.05) is 20.8 Å². The smallest absolute Gasteiger partial charge is 0.410 e. The van der Waals surface area contributed by atoms with Gasteiger partial charge in [0.2, 0.25) is 0 Å². The van der Waals surface area contributed by atoms with Crippen molar-refractivity contribution in [2.45, 2.75) is 51.9 Å². The molecule has 116 valence electrons. The topological polar surface area (TPSA) is 48.0 Å². The van der Waals surface area contributed by atoms with E-state index in [1.165, 1.54) is 0 Å². The summed E-state index contributed by atoms with van der Waals surface area (Å²) in [7, 11) is 1.60. The Kier molecular flexibility index (Phi) is 6.02. The number of hydrogen-bond acceptors (Lipinski definition) is 4. The third-order valence-electron chi connectivity index (χ3n) is 3.41. The summed E-state index contributed by atoms with van der Waals surface area (Å²) in [6.45, 7) is 12.4. The van der Waals surface area contributed by atoms with Gasteiger partial charge in [0.1, 0.15) is 12.4 Å². The molecule has 0 aromatic carbocycles. The molecule has 0 aliphatic carbocycles. The quantitative estimate of drug-likeness (QED) is 0.588. The maximum Gasteiger partial charge on any atom is 0.410 e. The van der Waals surface area contributed by atoms with E-state index in [4.69, 9.17) is 14.2 Å². The summed E-state index contributed by atoms with van der Waals surface area (Å²) < 4.78 is 16.1. The number of carbonyl (C=O) groups excluding carboxylic acids is 1. The Labute approximate surface area is 121 Å². The lowest BCUT2D eigenvalue weighted by Crippen LogP contribution is -2.53. The van der Waals surface area contributed by atoms with Crippen LogP contribution in [0.5, 0.6) is 0 Å². The van der Waals surface area contributed by atoms with E-state index >= 15 is 0 Å². The number of rotatable bonds is 4. The van der Waals surface area contributed by atoms with Gasteiger partial charge in [0, 0.05) is 19.6 Å². The van der Waals surface area contributed by atoms with Gasteiger partial charge >= 0.3 is 6.09 Å². The number of methoxy groups -OCH3 is 1. The molecular weight excluding hydrogens is 258 g/mol. The summed E-state index contributed by atoms with van der Waals surface area (Å²) in [5.41, 5.74) is -0.491. The van der Waals surface area contributed by atoms with Crippen molar-refractivity contribution >= 4 is 6.09 Å². The van der Waals surface area contributed by atoms with Gasteiger partial charge < -0.3 is 19.1 Å². The number of nitrogens with zero attached hydrogens (tertiary/aromatic N) is 1. The maximum absolute atomic E-state index is 12.2. The highest BCUT2D eigenvalue weighted by Gasteiger charge is 2.38. The van der Waals surface area contributed by atoms with Crippen molar-refractivity contribution in [3.05, 3.63) is 12.7 Å². The van der Waals surface area contributed by atoms with Crippen LogP contribution in [0.25, 0.3) is 0 Å². The average Bonchev–Trinajstić information content (AvgIpc) is 2.34. The normalized spacial score (nSPS) is 27.2. The van der Waals surface area contributed by atoms with E-state index in [9.17, 15) is 4.79 Å². The Morgan fingerprint density at radius 1 is 1.45 bits per heavy atom. The van der Waals surface area contributed by atoms with E-state index < -0.39 is 5.60 Å². The summed E-state index contributed by atoms with van der Waals surface area (Å²) in [5, 5.41) is 0. The van der Waals surface area contributed by atoms with Crippen LogP contribution in [0.15, 0.2) is 12.7 Å². The second kappa shape index (κ2) is 7.09. The molecule has 0 bridgehead atoms. The van der Waals surface area contributed by atoms with Crippen LogP contribution in [-0.2, 0) is 14.2 Å². The van der Waals surface area contributed by atoms with Gasteiger partial charge in [-0.1, -0.05) is 13.0 Å². The number of carbonyl (C=O) groups is 1. The molecule has 1 saturated heterocycles. The lowest BCUT2D eigenvalue weighted by molar-refractivity contribution is -0.114. The summed E-state index contributed by atoms with van der Waals surface area (Å²) in [6.07, 6.45) is 2.33. The largest absolute Gasteiger partial charge is 0.444 e. The van der Waals surface area contributed by atoms with Gasteiger partial charge in [-0.05, 0) is 27.2 Å². The monoisotopic (exact) mass is 285 g/mol. The lowest BCUT2D eigenvalue weighted by atomic mass is 9.88. The van der Waals surface area contributed by atoms with E-state index in [1.54, 1.807) is 18.1 Å². The number of piperidine rings is 1. The zero-order valence-corrected chi connectivity index (χ0v) is 13.2. The van der Waals surface area contributed by atoms with E-state index in [2.05, 4.69) is 13.5 Å². The predicted octanol–water partition coefficient (Wildman–Crippen LogP) is 2.81. The molecule has 5 heteroatoms. The fourth-order valence-electron chi connectivity index (χ4n) is 2.45. The molecule has 0 aromatic heterocycles. The van der Waals surface area contributed by atoms with Gasteiger partial charge in [-0.3, -0.25) is 0 Å². The van der Waals surface area contributed by atoms with Crippen LogP contribution in [0.1, 0.15) is 34.1 Å².